The van der Waals surface area contributed by atoms with Crippen LogP contribution in [0.5, 0.6) is 0 Å². The quantitative estimate of drug-likeness (QED) is 0.753. The van der Waals surface area contributed by atoms with Crippen molar-refractivity contribution in [1.29, 1.82) is 0 Å². The van der Waals surface area contributed by atoms with Crippen LogP contribution in [0.1, 0.15) is 17.5 Å². The van der Waals surface area contributed by atoms with Gasteiger partial charge in [0.05, 0.1) is 0 Å². The highest BCUT2D eigenvalue weighted by molar-refractivity contribution is 5.24. The monoisotopic (exact) mass is 277 g/mol. The summed E-state index contributed by atoms with van der Waals surface area (Å²) in [6.07, 6.45) is 5.29. The third-order valence-electron chi connectivity index (χ3n) is 3.87. The van der Waals surface area contributed by atoms with Gasteiger partial charge in [0.25, 0.3) is 0 Å². The van der Waals surface area contributed by atoms with E-state index >= 15 is 0 Å². The van der Waals surface area contributed by atoms with Crippen molar-refractivity contribution < 1.29 is 5.11 Å². The molecule has 2 aromatic carbocycles. The van der Waals surface area contributed by atoms with Crippen molar-refractivity contribution in [2.24, 2.45) is 0 Å². The van der Waals surface area contributed by atoms with Crippen LogP contribution in [0.25, 0.3) is 0 Å². The molecule has 2 nitrogen and oxygen atoms in total. The zero-order chi connectivity index (χ0) is 14.5. The molecular weight excluding hydrogens is 258 g/mol. The third-order valence-corrected chi connectivity index (χ3v) is 3.87. The average Bonchev–Trinajstić information content (AvgIpc) is 3.09. The maximum atomic E-state index is 11.3. The van der Waals surface area contributed by atoms with Gasteiger partial charge in [0.2, 0.25) is 0 Å². The first kappa shape index (κ1) is 13.7. The zero-order valence-electron chi connectivity index (χ0n) is 11.9. The van der Waals surface area contributed by atoms with Crippen LogP contribution in [0.15, 0.2) is 85.2 Å². The van der Waals surface area contributed by atoms with Gasteiger partial charge in [-0.15, -0.1) is 0 Å². The minimum absolute atomic E-state index is 0.635. The molecule has 0 amide bonds. The summed E-state index contributed by atoms with van der Waals surface area (Å²) in [6, 6.07) is 24.0. The summed E-state index contributed by atoms with van der Waals surface area (Å²) in [5.41, 5.74) is 1.14. The molecule has 1 aromatic heterocycles. The Labute approximate surface area is 125 Å². The summed E-state index contributed by atoms with van der Waals surface area (Å²) in [5, 5.41) is 11.3. The first-order valence-electron chi connectivity index (χ1n) is 7.24. The topological polar surface area (TPSA) is 25.2 Å². The molecule has 106 valence electrons. The number of hydrogen-bond donors (Lipinski definition) is 1. The molecule has 0 radical (unpaired) electrons. The second-order valence-electron chi connectivity index (χ2n) is 5.26. The van der Waals surface area contributed by atoms with E-state index in [4.69, 9.17) is 0 Å². The molecule has 1 N–H and O–H groups in total. The van der Waals surface area contributed by atoms with Crippen LogP contribution in [-0.4, -0.2) is 9.67 Å². The smallest absolute Gasteiger partial charge is 0.167 e. The van der Waals surface area contributed by atoms with Crippen LogP contribution in [0, 0.1) is 0 Å². The lowest BCUT2D eigenvalue weighted by Gasteiger charge is -2.31. The van der Waals surface area contributed by atoms with Crippen LogP contribution in [0.2, 0.25) is 0 Å². The molecular formula is C19H19NO. The summed E-state index contributed by atoms with van der Waals surface area (Å²) >= 11 is 0. The Bertz CT molecular complexity index is 661. The first-order valence-corrected chi connectivity index (χ1v) is 7.24. The molecule has 0 aliphatic carbocycles. The summed E-state index contributed by atoms with van der Waals surface area (Å²) in [4.78, 5) is 0. The maximum Gasteiger partial charge on any atom is 0.167 e. The van der Waals surface area contributed by atoms with E-state index in [0.29, 0.717) is 6.42 Å². The second-order valence-corrected chi connectivity index (χ2v) is 5.26. The van der Waals surface area contributed by atoms with Crippen LogP contribution in [0.4, 0.5) is 0 Å². The lowest BCUT2D eigenvalue weighted by Crippen LogP contribution is -2.34. The number of aromatic nitrogens is 1. The number of rotatable bonds is 5. The SMILES string of the molecule is OC(CCc1ccccc1)(c1ccccc1)n1cccc1. The van der Waals surface area contributed by atoms with Crippen LogP contribution < -0.4 is 0 Å². The standard InChI is InChI=1S/C19H19NO/c21-19(20-15-7-8-16-20,18-11-5-2-6-12-18)14-13-17-9-3-1-4-10-17/h1-12,15-16,21H,13-14H2. The number of aliphatic hydroxyl groups is 1. The Balaban J connectivity index is 1.90. The van der Waals surface area contributed by atoms with Gasteiger partial charge in [-0.05, 0) is 24.1 Å². The van der Waals surface area contributed by atoms with E-state index in [1.165, 1.54) is 5.56 Å². The van der Waals surface area contributed by atoms with Crippen molar-refractivity contribution in [2.75, 3.05) is 0 Å². The van der Waals surface area contributed by atoms with E-state index in [2.05, 4.69) is 12.1 Å². The highest BCUT2D eigenvalue weighted by Crippen LogP contribution is 2.28. The predicted molar refractivity (Wildman–Crippen MR) is 84.9 cm³/mol. The lowest BCUT2D eigenvalue weighted by atomic mass is 9.95. The molecule has 3 aromatic rings. The van der Waals surface area contributed by atoms with Crippen molar-refractivity contribution >= 4 is 0 Å². The fourth-order valence-electron chi connectivity index (χ4n) is 2.67. The summed E-state index contributed by atoms with van der Waals surface area (Å²) in [5.74, 6) is 0. The maximum absolute atomic E-state index is 11.3. The molecule has 21 heavy (non-hydrogen) atoms. The Morgan fingerprint density at radius 3 is 1.95 bits per heavy atom. The summed E-state index contributed by atoms with van der Waals surface area (Å²) < 4.78 is 1.88. The molecule has 0 saturated heterocycles. The van der Waals surface area contributed by atoms with E-state index < -0.39 is 5.72 Å². The molecule has 0 aliphatic heterocycles. The molecule has 0 fully saturated rings. The fraction of sp³-hybridized carbons (Fsp3) is 0.158. The Morgan fingerprint density at radius 2 is 1.33 bits per heavy atom. The minimum atomic E-state index is -1.01. The van der Waals surface area contributed by atoms with Crippen LogP contribution in [-0.2, 0) is 12.1 Å². The molecule has 0 saturated carbocycles. The van der Waals surface area contributed by atoms with Gasteiger partial charge in [-0.2, -0.15) is 0 Å². The van der Waals surface area contributed by atoms with Crippen molar-refractivity contribution in [3.05, 3.63) is 96.3 Å². The van der Waals surface area contributed by atoms with Gasteiger partial charge in [0, 0.05) is 24.4 Å². The van der Waals surface area contributed by atoms with Gasteiger partial charge in [-0.25, -0.2) is 0 Å². The minimum Gasteiger partial charge on any atom is -0.366 e. The second kappa shape index (κ2) is 5.98. The summed E-state index contributed by atoms with van der Waals surface area (Å²) in [7, 11) is 0. The van der Waals surface area contributed by atoms with E-state index in [0.717, 1.165) is 12.0 Å². The van der Waals surface area contributed by atoms with Gasteiger partial charge < -0.3 is 9.67 Å². The van der Waals surface area contributed by atoms with E-state index in [-0.39, 0.29) is 0 Å². The Kier molecular flexibility index (Phi) is 3.89. The molecule has 0 aliphatic rings. The number of aryl methyl sites for hydroxylation is 1. The Morgan fingerprint density at radius 1 is 0.762 bits per heavy atom. The highest BCUT2D eigenvalue weighted by atomic mass is 16.3. The van der Waals surface area contributed by atoms with Crippen molar-refractivity contribution in [3.63, 3.8) is 0 Å². The number of benzene rings is 2. The van der Waals surface area contributed by atoms with Crippen molar-refractivity contribution in [3.8, 4) is 0 Å². The van der Waals surface area contributed by atoms with Crippen molar-refractivity contribution in [1.82, 2.24) is 4.57 Å². The molecule has 1 atom stereocenters. The first-order chi connectivity index (χ1) is 10.3. The van der Waals surface area contributed by atoms with E-state index in [1.807, 2.05) is 77.6 Å². The molecule has 1 unspecified atom stereocenters. The van der Waals surface area contributed by atoms with E-state index in [1.54, 1.807) is 0 Å². The highest BCUT2D eigenvalue weighted by Gasteiger charge is 2.30. The lowest BCUT2D eigenvalue weighted by molar-refractivity contribution is -0.00282. The number of nitrogens with zero attached hydrogens (tertiary/aromatic N) is 1. The van der Waals surface area contributed by atoms with Crippen LogP contribution >= 0.6 is 0 Å². The van der Waals surface area contributed by atoms with Crippen molar-refractivity contribution in [2.45, 2.75) is 18.6 Å². The summed E-state index contributed by atoms with van der Waals surface area (Å²) in [6.45, 7) is 0. The fourth-order valence-corrected chi connectivity index (χ4v) is 2.67. The largest absolute Gasteiger partial charge is 0.366 e. The molecule has 0 spiro atoms. The zero-order valence-corrected chi connectivity index (χ0v) is 11.9. The van der Waals surface area contributed by atoms with Gasteiger partial charge in [0.15, 0.2) is 5.72 Å². The third kappa shape index (κ3) is 2.91. The molecule has 2 heteroatoms. The normalized spacial score (nSPS) is 13.8. The Hall–Kier alpha value is -2.32. The van der Waals surface area contributed by atoms with Gasteiger partial charge in [0.1, 0.15) is 0 Å². The molecule has 3 rings (SSSR count). The van der Waals surface area contributed by atoms with Gasteiger partial charge >= 0.3 is 0 Å². The van der Waals surface area contributed by atoms with Gasteiger partial charge in [-0.1, -0.05) is 60.7 Å². The molecule has 1 heterocycles. The number of hydrogen-bond acceptors (Lipinski definition) is 1. The van der Waals surface area contributed by atoms with Crippen LogP contribution in [0.3, 0.4) is 0 Å². The average molecular weight is 277 g/mol. The molecule has 0 bridgehead atoms. The predicted octanol–water partition coefficient (Wildman–Crippen LogP) is 3.81. The van der Waals surface area contributed by atoms with E-state index in [9.17, 15) is 5.11 Å². The van der Waals surface area contributed by atoms with Gasteiger partial charge in [-0.3, -0.25) is 0 Å².